The number of anilines is 1. The molecule has 12 nitrogen and oxygen atoms in total. The Bertz CT molecular complexity index is 1880. The summed E-state index contributed by atoms with van der Waals surface area (Å²) in [6.07, 6.45) is 7.26. The maximum Gasteiger partial charge on any atom is 0.229 e. The molecule has 1 fully saturated rings. The maximum absolute atomic E-state index is 10.5. The normalized spacial score (nSPS) is 22.2. The summed E-state index contributed by atoms with van der Waals surface area (Å²) in [4.78, 5) is 13.3. The summed E-state index contributed by atoms with van der Waals surface area (Å²) in [5.41, 5.74) is 8.36. The van der Waals surface area contributed by atoms with Crippen LogP contribution in [0, 0.1) is 22.7 Å². The molecule has 45 heavy (non-hydrogen) atoms. The predicted molar refractivity (Wildman–Crippen MR) is 168 cm³/mol. The zero-order valence-corrected chi connectivity index (χ0v) is 26.9. The molecule has 0 radical (unpaired) electrons. The van der Waals surface area contributed by atoms with E-state index in [4.69, 9.17) is 30.1 Å². The zero-order chi connectivity index (χ0) is 31.7. The molecule has 0 saturated carbocycles. The Hall–Kier alpha value is -4.04. The Morgan fingerprint density at radius 1 is 1.20 bits per heavy atom. The van der Waals surface area contributed by atoms with Gasteiger partial charge in [-0.05, 0) is 91.3 Å². The van der Waals surface area contributed by atoms with Gasteiger partial charge in [-0.25, -0.2) is 9.67 Å². The molecule has 3 N–H and O–H groups in total. The van der Waals surface area contributed by atoms with Crippen molar-refractivity contribution in [2.75, 3.05) is 25.9 Å². The highest BCUT2D eigenvalue weighted by molar-refractivity contribution is 7.16. The molecule has 13 heteroatoms. The van der Waals surface area contributed by atoms with Crippen molar-refractivity contribution in [3.63, 3.8) is 0 Å². The van der Waals surface area contributed by atoms with Crippen LogP contribution < -0.4 is 10.5 Å². The van der Waals surface area contributed by atoms with Crippen LogP contribution in [0.3, 0.4) is 0 Å². The molecule has 2 aliphatic carbocycles. The molecule has 0 unspecified atom stereocenters. The van der Waals surface area contributed by atoms with Crippen molar-refractivity contribution in [3.8, 4) is 29.5 Å². The first-order valence-electron chi connectivity index (χ1n) is 15.6. The number of aromatic nitrogens is 5. The van der Waals surface area contributed by atoms with Crippen LogP contribution >= 0.6 is 11.3 Å². The summed E-state index contributed by atoms with van der Waals surface area (Å²) < 4.78 is 14.2. The Labute approximate surface area is 265 Å². The second-order valence-corrected chi connectivity index (χ2v) is 14.5. The molecule has 4 aromatic rings. The Kier molecular flexibility index (Phi) is 7.11. The lowest BCUT2D eigenvalue weighted by molar-refractivity contribution is 0.0274. The highest BCUT2D eigenvalue weighted by Gasteiger charge is 2.49. The second kappa shape index (κ2) is 10.8. The molecule has 1 spiro atoms. The average molecular weight is 628 g/mol. The van der Waals surface area contributed by atoms with E-state index in [-0.39, 0.29) is 30.3 Å². The zero-order valence-electron chi connectivity index (χ0n) is 26.1. The van der Waals surface area contributed by atoms with Crippen LogP contribution in [0.25, 0.3) is 22.6 Å². The van der Waals surface area contributed by atoms with Crippen molar-refractivity contribution in [2.24, 2.45) is 0 Å². The van der Waals surface area contributed by atoms with Crippen LogP contribution in [0.4, 0.5) is 5.00 Å². The van der Waals surface area contributed by atoms with E-state index in [0.29, 0.717) is 33.1 Å². The van der Waals surface area contributed by atoms with Gasteiger partial charge < -0.3 is 25.0 Å². The topological polar surface area (TPSA) is 176 Å². The number of nitrogens with zero attached hydrogens (tertiary/aromatic N) is 8. The van der Waals surface area contributed by atoms with Crippen molar-refractivity contribution in [1.29, 1.82) is 10.5 Å². The minimum Gasteiger partial charge on any atom is -0.474 e. The number of nitrogen functional groups attached to an aromatic ring is 1. The van der Waals surface area contributed by atoms with Gasteiger partial charge in [0.15, 0.2) is 28.6 Å². The number of hydrogen-bond acceptors (Lipinski definition) is 12. The van der Waals surface area contributed by atoms with Crippen LogP contribution in [0.2, 0.25) is 0 Å². The van der Waals surface area contributed by atoms with Gasteiger partial charge in [0.25, 0.3) is 0 Å². The van der Waals surface area contributed by atoms with Gasteiger partial charge in [-0.2, -0.15) is 20.6 Å². The van der Waals surface area contributed by atoms with E-state index in [9.17, 15) is 15.6 Å². The van der Waals surface area contributed by atoms with E-state index in [2.05, 4.69) is 36.2 Å². The van der Waals surface area contributed by atoms with E-state index < -0.39 is 11.0 Å². The van der Waals surface area contributed by atoms with Gasteiger partial charge in [-0.3, -0.25) is 0 Å². The van der Waals surface area contributed by atoms with E-state index in [1.165, 1.54) is 11.3 Å². The van der Waals surface area contributed by atoms with Gasteiger partial charge in [0.1, 0.15) is 29.1 Å². The van der Waals surface area contributed by atoms with Crippen molar-refractivity contribution >= 4 is 27.4 Å². The summed E-state index contributed by atoms with van der Waals surface area (Å²) in [6.45, 7) is 6.35. The molecule has 3 aliphatic rings. The number of nitrogens with two attached hydrogens (primary N) is 1. The molecular formula is C32H37N9O3S. The first kappa shape index (κ1) is 29.7. The lowest BCUT2D eigenvalue weighted by Crippen LogP contribution is -2.35. The third kappa shape index (κ3) is 4.68. The lowest BCUT2D eigenvalue weighted by Gasteiger charge is -2.39. The van der Waals surface area contributed by atoms with Gasteiger partial charge in [0, 0.05) is 16.5 Å². The van der Waals surface area contributed by atoms with Gasteiger partial charge in [0.2, 0.25) is 5.88 Å². The third-order valence-corrected chi connectivity index (χ3v) is 10.9. The van der Waals surface area contributed by atoms with Crippen LogP contribution in [0.1, 0.15) is 98.4 Å². The minimum atomic E-state index is -1.14. The fraction of sp³-hybridized carbons (Fsp3) is 0.562. The third-order valence-electron chi connectivity index (χ3n) is 9.78. The van der Waals surface area contributed by atoms with Gasteiger partial charge in [0.05, 0.1) is 22.6 Å². The quantitative estimate of drug-likeness (QED) is 0.305. The molecule has 7 rings (SSSR count). The highest BCUT2D eigenvalue weighted by atomic mass is 32.1. The van der Waals surface area contributed by atoms with Gasteiger partial charge >= 0.3 is 0 Å². The molecule has 0 aromatic carbocycles. The Morgan fingerprint density at radius 3 is 2.67 bits per heavy atom. The van der Waals surface area contributed by atoms with E-state index >= 15 is 0 Å². The predicted octanol–water partition coefficient (Wildman–Crippen LogP) is 4.63. The first-order chi connectivity index (χ1) is 21.6. The van der Waals surface area contributed by atoms with E-state index in [1.807, 2.05) is 4.68 Å². The van der Waals surface area contributed by atoms with Crippen LogP contribution in [0.5, 0.6) is 5.88 Å². The number of nitriles is 2. The molecule has 1 saturated heterocycles. The molecule has 1 aliphatic heterocycles. The standard InChI is InChI=1S/C32H37N9O3S/c1-17(21-9-7-13-40(21)4)41-29-23(20(15-34)38-41)30(43-16-31(2,3)42)37-28(36-29)25-18-8-5-11-32(26(18)44-39-25)12-6-10-22-24(32)19(14-33)27(35)45-22/h17,21,42H,5-13,16,35H2,1-4H3/t17-,21-,32-/m0/s1. The minimum absolute atomic E-state index is 0.0468. The molecule has 234 valence electrons. The number of rotatable bonds is 6. The van der Waals surface area contributed by atoms with Crippen LogP contribution in [-0.4, -0.2) is 66.8 Å². The van der Waals surface area contributed by atoms with Crippen LogP contribution in [0.15, 0.2) is 4.52 Å². The second-order valence-electron chi connectivity index (χ2n) is 13.4. The Morgan fingerprint density at radius 2 is 1.98 bits per heavy atom. The number of likely N-dealkylation sites (N-methyl/N-ethyl adjacent to an activating group) is 1. The van der Waals surface area contributed by atoms with Crippen LogP contribution in [-0.2, 0) is 18.3 Å². The maximum atomic E-state index is 10.5. The number of likely N-dealkylation sites (tertiary alicyclic amines) is 1. The fourth-order valence-corrected chi connectivity index (χ4v) is 8.91. The monoisotopic (exact) mass is 627 g/mol. The largest absolute Gasteiger partial charge is 0.474 e. The Balaban J connectivity index is 1.41. The SMILES string of the molecule is C[C@@H]([C@@H]1CCCN1C)n1nc(C#N)c2c(OCC(C)(C)O)nc(-c3noc4c3CCC[C@@]43CCCc4sc(N)c(C#N)c43)nc21. The number of aliphatic hydroxyl groups is 1. The fourth-order valence-electron chi connectivity index (χ4n) is 7.75. The highest BCUT2D eigenvalue weighted by Crippen LogP contribution is 2.55. The number of hydrogen-bond donors (Lipinski definition) is 2. The van der Waals surface area contributed by atoms with E-state index in [0.717, 1.165) is 79.7 Å². The molecule has 0 bridgehead atoms. The summed E-state index contributed by atoms with van der Waals surface area (Å²) in [5, 5.41) is 41.0. The van der Waals surface area contributed by atoms with Gasteiger partial charge in [-0.1, -0.05) is 5.16 Å². The first-order valence-corrected chi connectivity index (χ1v) is 16.4. The van der Waals surface area contributed by atoms with Crippen molar-refractivity contribution in [3.05, 3.63) is 33.0 Å². The lowest BCUT2D eigenvalue weighted by atomic mass is 9.63. The van der Waals surface area contributed by atoms with Crippen molar-refractivity contribution in [2.45, 2.75) is 95.2 Å². The summed E-state index contributed by atoms with van der Waals surface area (Å²) >= 11 is 1.51. The van der Waals surface area contributed by atoms with Crippen molar-refractivity contribution in [1.82, 2.24) is 29.8 Å². The van der Waals surface area contributed by atoms with E-state index in [1.54, 1.807) is 13.8 Å². The average Bonchev–Trinajstić information content (AvgIpc) is 3.79. The summed E-state index contributed by atoms with van der Waals surface area (Å²) in [6, 6.07) is 4.74. The molecule has 3 atom stereocenters. The molecular weight excluding hydrogens is 590 g/mol. The summed E-state index contributed by atoms with van der Waals surface area (Å²) in [7, 11) is 2.11. The molecule has 0 amide bonds. The summed E-state index contributed by atoms with van der Waals surface area (Å²) in [5.74, 6) is 1.25. The smallest absolute Gasteiger partial charge is 0.229 e. The van der Waals surface area contributed by atoms with Crippen molar-refractivity contribution < 1.29 is 14.4 Å². The molecule has 4 aromatic heterocycles. The molecule has 5 heterocycles. The number of aryl methyl sites for hydroxylation is 1. The van der Waals surface area contributed by atoms with Gasteiger partial charge in [-0.15, -0.1) is 11.3 Å². The number of fused-ring (bicyclic) bond motifs is 5. The number of thiophene rings is 1. The number of ether oxygens (including phenoxy) is 1.